The highest BCUT2D eigenvalue weighted by atomic mass is 16.5. The molecule has 180 valence electrons. The standard InChI is InChI=1S/C28H34N2O4/c1-5-9-21(31-2)18-29-27-17-22(34-19-20-10-7-6-8-11-20)16-24-28-23(14-15-30(24)27)25(32-3)12-13-26(28)33-4/h6-8,10-13,16-17,21H,5,9,14-15,18-19H2,1-4H3. The molecule has 3 aromatic rings. The highest BCUT2D eigenvalue weighted by Crippen LogP contribution is 2.42. The molecule has 0 saturated heterocycles. The lowest BCUT2D eigenvalue weighted by molar-refractivity contribution is 0.101. The number of pyridine rings is 1. The monoisotopic (exact) mass is 462 g/mol. The van der Waals surface area contributed by atoms with E-state index in [2.05, 4.69) is 29.7 Å². The van der Waals surface area contributed by atoms with Gasteiger partial charge in [-0.2, -0.15) is 0 Å². The maximum absolute atomic E-state index is 6.25. The zero-order chi connectivity index (χ0) is 23.9. The van der Waals surface area contributed by atoms with Crippen molar-refractivity contribution in [1.29, 1.82) is 0 Å². The Kier molecular flexibility index (Phi) is 7.91. The Morgan fingerprint density at radius 1 is 0.971 bits per heavy atom. The summed E-state index contributed by atoms with van der Waals surface area (Å²) in [6.07, 6.45) is 2.97. The van der Waals surface area contributed by atoms with Crippen molar-refractivity contribution in [1.82, 2.24) is 4.57 Å². The maximum Gasteiger partial charge on any atom is 0.131 e. The van der Waals surface area contributed by atoms with E-state index in [-0.39, 0.29) is 6.10 Å². The SMILES string of the molecule is CCCC(CN=c1cc(OCc2ccccc2)cc2n1CCc1c(OC)ccc(OC)c1-2)OC. The minimum absolute atomic E-state index is 0.0978. The molecule has 0 amide bonds. The Hall–Kier alpha value is -3.25. The van der Waals surface area contributed by atoms with E-state index in [9.17, 15) is 0 Å². The van der Waals surface area contributed by atoms with Crippen molar-refractivity contribution >= 4 is 0 Å². The molecule has 0 fully saturated rings. The van der Waals surface area contributed by atoms with Gasteiger partial charge in [-0.1, -0.05) is 43.7 Å². The van der Waals surface area contributed by atoms with E-state index in [1.54, 1.807) is 21.3 Å². The quantitative estimate of drug-likeness (QED) is 0.424. The average Bonchev–Trinajstić information content (AvgIpc) is 2.89. The Bertz CT molecular complexity index is 1170. The minimum atomic E-state index is 0.0978. The van der Waals surface area contributed by atoms with Crippen LogP contribution in [0.1, 0.15) is 30.9 Å². The van der Waals surface area contributed by atoms with E-state index in [0.29, 0.717) is 13.2 Å². The summed E-state index contributed by atoms with van der Waals surface area (Å²) in [6, 6.07) is 18.2. The van der Waals surface area contributed by atoms with Crippen LogP contribution in [0.3, 0.4) is 0 Å². The molecule has 0 aliphatic carbocycles. The second-order valence-corrected chi connectivity index (χ2v) is 8.42. The molecule has 34 heavy (non-hydrogen) atoms. The molecule has 1 atom stereocenters. The summed E-state index contributed by atoms with van der Waals surface area (Å²) in [4.78, 5) is 4.98. The molecule has 2 aromatic carbocycles. The van der Waals surface area contributed by atoms with Crippen LogP contribution in [-0.4, -0.2) is 38.5 Å². The first kappa shape index (κ1) is 23.9. The number of aromatic nitrogens is 1. The van der Waals surface area contributed by atoms with Gasteiger partial charge in [-0.15, -0.1) is 0 Å². The van der Waals surface area contributed by atoms with Crippen LogP contribution in [-0.2, 0) is 24.3 Å². The van der Waals surface area contributed by atoms with E-state index in [1.165, 1.54) is 0 Å². The molecule has 1 unspecified atom stereocenters. The summed E-state index contributed by atoms with van der Waals surface area (Å²) < 4.78 is 25.6. The van der Waals surface area contributed by atoms with Crippen LogP contribution >= 0.6 is 0 Å². The fourth-order valence-electron chi connectivity index (χ4n) is 4.50. The van der Waals surface area contributed by atoms with Gasteiger partial charge in [0.05, 0.1) is 32.6 Å². The third-order valence-electron chi connectivity index (χ3n) is 6.28. The molecule has 0 spiro atoms. The van der Waals surface area contributed by atoms with Crippen LogP contribution in [0.4, 0.5) is 0 Å². The second-order valence-electron chi connectivity index (χ2n) is 8.42. The Labute approximate surface area is 201 Å². The number of hydrogen-bond donors (Lipinski definition) is 0. The normalized spacial score (nSPS) is 13.7. The second kappa shape index (κ2) is 11.3. The highest BCUT2D eigenvalue weighted by Gasteiger charge is 2.24. The van der Waals surface area contributed by atoms with Gasteiger partial charge < -0.3 is 23.5 Å². The summed E-state index contributed by atoms with van der Waals surface area (Å²) in [5, 5.41) is 0. The zero-order valence-corrected chi connectivity index (χ0v) is 20.5. The van der Waals surface area contributed by atoms with Crippen LogP contribution in [0.5, 0.6) is 17.2 Å². The van der Waals surface area contributed by atoms with Gasteiger partial charge in [-0.25, -0.2) is 0 Å². The maximum atomic E-state index is 6.25. The summed E-state index contributed by atoms with van der Waals surface area (Å²) >= 11 is 0. The van der Waals surface area contributed by atoms with Crippen LogP contribution in [0, 0.1) is 0 Å². The molecular formula is C28H34N2O4. The largest absolute Gasteiger partial charge is 0.496 e. The fraction of sp³-hybridized carbons (Fsp3) is 0.393. The predicted molar refractivity (Wildman–Crippen MR) is 134 cm³/mol. The van der Waals surface area contributed by atoms with Crippen LogP contribution in [0.2, 0.25) is 0 Å². The van der Waals surface area contributed by atoms with E-state index in [1.807, 2.05) is 36.4 Å². The number of benzene rings is 2. The molecule has 1 aromatic heterocycles. The predicted octanol–water partition coefficient (Wildman–Crippen LogP) is 5.02. The van der Waals surface area contributed by atoms with Crippen molar-refractivity contribution in [3.8, 4) is 28.5 Å². The van der Waals surface area contributed by atoms with Gasteiger partial charge in [0, 0.05) is 36.9 Å². The minimum Gasteiger partial charge on any atom is -0.496 e. The van der Waals surface area contributed by atoms with Gasteiger partial charge in [0.15, 0.2) is 0 Å². The van der Waals surface area contributed by atoms with Crippen molar-refractivity contribution in [2.24, 2.45) is 4.99 Å². The number of fused-ring (bicyclic) bond motifs is 3. The Morgan fingerprint density at radius 2 is 1.74 bits per heavy atom. The molecule has 0 saturated carbocycles. The molecule has 0 bridgehead atoms. The van der Waals surface area contributed by atoms with Crippen molar-refractivity contribution in [2.45, 2.75) is 45.4 Å². The molecule has 6 heteroatoms. The molecule has 2 heterocycles. The summed E-state index contributed by atoms with van der Waals surface area (Å²) in [6.45, 7) is 4.06. The van der Waals surface area contributed by atoms with E-state index < -0.39 is 0 Å². The van der Waals surface area contributed by atoms with Gasteiger partial charge in [0.25, 0.3) is 0 Å². The number of nitrogens with zero attached hydrogens (tertiary/aromatic N) is 2. The van der Waals surface area contributed by atoms with Crippen LogP contribution in [0.15, 0.2) is 59.6 Å². The first-order chi connectivity index (χ1) is 16.7. The third-order valence-corrected chi connectivity index (χ3v) is 6.28. The third kappa shape index (κ3) is 5.12. The van der Waals surface area contributed by atoms with Gasteiger partial charge in [-0.3, -0.25) is 4.99 Å². The van der Waals surface area contributed by atoms with Crippen LogP contribution < -0.4 is 19.7 Å². The first-order valence-corrected chi connectivity index (χ1v) is 11.9. The van der Waals surface area contributed by atoms with Gasteiger partial charge in [-0.05, 0) is 30.5 Å². The molecule has 1 aliphatic heterocycles. The summed E-state index contributed by atoms with van der Waals surface area (Å²) in [5.41, 5.74) is 5.20. The number of rotatable bonds is 10. The van der Waals surface area contributed by atoms with E-state index in [0.717, 1.165) is 70.9 Å². The smallest absolute Gasteiger partial charge is 0.131 e. The summed E-state index contributed by atoms with van der Waals surface area (Å²) in [5.74, 6) is 2.46. The Morgan fingerprint density at radius 3 is 2.44 bits per heavy atom. The topological polar surface area (TPSA) is 54.2 Å². The Balaban J connectivity index is 1.81. The zero-order valence-electron chi connectivity index (χ0n) is 20.5. The van der Waals surface area contributed by atoms with E-state index in [4.69, 9.17) is 23.9 Å². The highest BCUT2D eigenvalue weighted by molar-refractivity contribution is 5.76. The van der Waals surface area contributed by atoms with Crippen molar-refractivity contribution in [3.63, 3.8) is 0 Å². The average molecular weight is 463 g/mol. The lowest BCUT2D eigenvalue weighted by Crippen LogP contribution is -2.29. The van der Waals surface area contributed by atoms with E-state index >= 15 is 0 Å². The van der Waals surface area contributed by atoms with Gasteiger partial charge >= 0.3 is 0 Å². The van der Waals surface area contributed by atoms with Gasteiger partial charge in [0.2, 0.25) is 0 Å². The van der Waals surface area contributed by atoms with Crippen molar-refractivity contribution < 1.29 is 18.9 Å². The fourth-order valence-corrected chi connectivity index (χ4v) is 4.50. The lowest BCUT2D eigenvalue weighted by atomic mass is 9.95. The number of hydrogen-bond acceptors (Lipinski definition) is 5. The van der Waals surface area contributed by atoms with Crippen molar-refractivity contribution in [3.05, 3.63) is 71.2 Å². The first-order valence-electron chi connectivity index (χ1n) is 11.9. The number of ether oxygens (including phenoxy) is 4. The van der Waals surface area contributed by atoms with Gasteiger partial charge in [0.1, 0.15) is 29.3 Å². The van der Waals surface area contributed by atoms with Crippen molar-refractivity contribution in [2.75, 3.05) is 27.9 Å². The molecular weight excluding hydrogens is 428 g/mol. The molecule has 4 rings (SSSR count). The number of methoxy groups -OCH3 is 3. The lowest BCUT2D eigenvalue weighted by Gasteiger charge is -2.27. The van der Waals surface area contributed by atoms with Crippen LogP contribution in [0.25, 0.3) is 11.3 Å². The molecule has 1 aliphatic rings. The molecule has 0 N–H and O–H groups in total. The molecule has 0 radical (unpaired) electrons. The molecule has 6 nitrogen and oxygen atoms in total. The summed E-state index contributed by atoms with van der Waals surface area (Å²) in [7, 11) is 5.17.